The number of carboxylic acid groups (broad SMARTS) is 3. The number of hydroxylamine groups is 2. The van der Waals surface area contributed by atoms with Crippen molar-refractivity contribution in [1.82, 2.24) is 5.06 Å². The normalized spacial score (nSPS) is 9.29. The van der Waals surface area contributed by atoms with Crippen molar-refractivity contribution in [2.45, 2.75) is 18.4 Å². The predicted molar refractivity (Wildman–Crippen MR) is 48.1 cm³/mol. The average molecular weight is 334 g/mol. The Balaban J connectivity index is -0.000000213. The van der Waals surface area contributed by atoms with Crippen LogP contribution < -0.4 is 110 Å². The van der Waals surface area contributed by atoms with Gasteiger partial charge in [-0.25, -0.2) is 0 Å². The Kier molecular flexibility index (Phi) is 25.9. The van der Waals surface area contributed by atoms with Gasteiger partial charge in [0, 0.05) is 31.3 Å². The maximum Gasteiger partial charge on any atom is 1.00 e. The predicted octanol–water partition coefficient (Wildman–Crippen LogP) is -15.4. The number of carbonyl (C=O) groups is 3. The molecule has 0 aliphatic carbocycles. The van der Waals surface area contributed by atoms with Crippen LogP contribution in [0.4, 0.5) is 0 Å². The molecule has 0 rings (SSSR count). The first-order valence-electron chi connectivity index (χ1n) is 4.49. The molecule has 0 aromatic carbocycles. The summed E-state index contributed by atoms with van der Waals surface area (Å²) < 4.78 is 0. The van der Waals surface area contributed by atoms with Crippen LogP contribution in [0.15, 0.2) is 0 Å². The van der Waals surface area contributed by atoms with Gasteiger partial charge in [-0.2, -0.15) is 5.06 Å². The van der Waals surface area contributed by atoms with E-state index in [1.165, 1.54) is 0 Å². The van der Waals surface area contributed by atoms with Crippen molar-refractivity contribution in [3.63, 3.8) is 0 Å². The summed E-state index contributed by atoms with van der Waals surface area (Å²) in [6.45, 7) is -1.70. The first-order chi connectivity index (χ1) is 7.73. The molecule has 0 saturated heterocycles. The van der Waals surface area contributed by atoms with Crippen LogP contribution in [0.1, 0.15) is 12.8 Å². The summed E-state index contributed by atoms with van der Waals surface area (Å²) in [6.07, 6.45) is -1.91. The molecule has 0 aromatic rings. The van der Waals surface area contributed by atoms with E-state index in [0.717, 1.165) is 0 Å². The third-order valence-electron chi connectivity index (χ3n) is 2.15. The second-order valence-electron chi connectivity index (χ2n) is 3.46. The third-order valence-corrected chi connectivity index (χ3v) is 2.15. The van der Waals surface area contributed by atoms with Gasteiger partial charge in [-0.1, -0.05) is 0 Å². The molecule has 0 amide bonds. The Morgan fingerprint density at radius 3 is 1.48 bits per heavy atom. The molecule has 0 radical (unpaired) electrons. The van der Waals surface area contributed by atoms with E-state index in [0.29, 0.717) is 0 Å². The maximum atomic E-state index is 10.5. The summed E-state index contributed by atoms with van der Waals surface area (Å²) in [4.78, 5) is 31.2. The second kappa shape index (κ2) is 16.1. The zero-order valence-corrected chi connectivity index (χ0v) is 18.2. The molecular weight excluding hydrogens is 321 g/mol. The number of nitrogens with zero attached hydrogens (tertiary/aromatic N) is 1. The Morgan fingerprint density at radius 1 is 0.952 bits per heavy atom. The van der Waals surface area contributed by atoms with Crippen molar-refractivity contribution in [3.8, 4) is 0 Å². The van der Waals surface area contributed by atoms with E-state index < -0.39 is 49.4 Å². The van der Waals surface area contributed by atoms with E-state index in [-0.39, 0.29) is 99.2 Å². The van der Waals surface area contributed by atoms with Gasteiger partial charge in [0.15, 0.2) is 0 Å². The smallest absolute Gasteiger partial charge is 0.550 e. The second-order valence-corrected chi connectivity index (χ2v) is 3.46. The van der Waals surface area contributed by atoms with Crippen LogP contribution in [0.25, 0.3) is 0 Å². The molecule has 0 aliphatic rings. The number of rotatable bonds is 8. The van der Waals surface area contributed by atoms with Gasteiger partial charge < -0.3 is 46.1 Å². The van der Waals surface area contributed by atoms with E-state index in [1.807, 2.05) is 0 Å². The fourth-order valence-electron chi connectivity index (χ4n) is 1.32. The fraction of sp³-hybridized carbons (Fsp3) is 0.625. The Bertz CT molecular complexity index is 315. The van der Waals surface area contributed by atoms with E-state index in [9.17, 15) is 34.9 Å². The van der Waals surface area contributed by atoms with Gasteiger partial charge in [-0.05, 0) is 0 Å². The van der Waals surface area contributed by atoms with Crippen molar-refractivity contribution >= 4 is 17.9 Å². The number of carbonyl (C=O) groups excluding carboxylic acids is 3. The molecule has 0 spiro atoms. The van der Waals surface area contributed by atoms with Gasteiger partial charge >= 0.3 is 88.7 Å². The number of aliphatic carboxylic acids is 3. The molecule has 0 aliphatic heterocycles. The van der Waals surface area contributed by atoms with Crippen LogP contribution in [0.2, 0.25) is 0 Å². The summed E-state index contributed by atoms with van der Waals surface area (Å²) in [5.41, 5.74) is 3.18. The first kappa shape index (κ1) is 33.8. The van der Waals surface area contributed by atoms with Crippen LogP contribution in [0.3, 0.4) is 0 Å². The third kappa shape index (κ3) is 13.4. The van der Waals surface area contributed by atoms with Gasteiger partial charge in [0.2, 0.25) is 0 Å². The van der Waals surface area contributed by atoms with Crippen molar-refractivity contribution in [3.05, 3.63) is 0 Å². The van der Waals surface area contributed by atoms with E-state index in [1.54, 1.807) is 0 Å². The van der Waals surface area contributed by atoms with Crippen molar-refractivity contribution < 1.29 is 129 Å². The summed E-state index contributed by atoms with van der Waals surface area (Å²) in [7, 11) is 0. The molecule has 0 heterocycles. The molecule has 0 atom stereocenters. The number of carboxylic acids is 3. The van der Waals surface area contributed by atoms with Crippen molar-refractivity contribution in [2.75, 3.05) is 13.1 Å². The zero-order chi connectivity index (χ0) is 13.6. The Hall–Kier alpha value is 1.25. The number of nitrogens with two attached hydrogens (primary N) is 1. The van der Waals surface area contributed by atoms with Gasteiger partial charge in [-0.3, -0.25) is 0 Å². The maximum absolute atomic E-state index is 10.5. The van der Waals surface area contributed by atoms with Gasteiger partial charge in [0.25, 0.3) is 0 Å². The minimum atomic E-state index is -2.00. The van der Waals surface area contributed by atoms with Crippen LogP contribution in [0, 0.1) is 0 Å². The van der Waals surface area contributed by atoms with Crippen LogP contribution in [0.5, 0.6) is 0 Å². The van der Waals surface area contributed by atoms with Gasteiger partial charge in [0.05, 0.1) is 18.1 Å². The molecule has 5 N–H and O–H groups in total. The Labute approximate surface area is 187 Å². The van der Waals surface area contributed by atoms with E-state index in [4.69, 9.17) is 5.73 Å². The van der Waals surface area contributed by atoms with Crippen LogP contribution >= 0.6 is 0 Å². The quantitative estimate of drug-likeness (QED) is 0.319. The van der Waals surface area contributed by atoms with E-state index >= 15 is 0 Å². The van der Waals surface area contributed by atoms with Gasteiger partial charge in [0.1, 0.15) is 0 Å². The largest absolute Gasteiger partial charge is 1.00 e. The monoisotopic (exact) mass is 334 g/mol. The first-order valence-corrected chi connectivity index (χ1v) is 4.49. The van der Waals surface area contributed by atoms with Crippen molar-refractivity contribution in [2.24, 2.45) is 5.73 Å². The summed E-state index contributed by atoms with van der Waals surface area (Å²) in [5.74, 6) is -5.09. The summed E-state index contributed by atoms with van der Waals surface area (Å²) >= 11 is 0. The molecule has 0 fully saturated rings. The van der Waals surface area contributed by atoms with Crippen LogP contribution in [-0.2, 0) is 14.4 Å². The molecule has 0 bridgehead atoms. The van der Waals surface area contributed by atoms with Gasteiger partial charge in [-0.15, -0.1) is 0 Å². The fourth-order valence-corrected chi connectivity index (χ4v) is 1.32. The van der Waals surface area contributed by atoms with E-state index in [2.05, 4.69) is 0 Å². The molecule has 0 aromatic heterocycles. The molecule has 10 nitrogen and oxygen atoms in total. The van der Waals surface area contributed by atoms with Crippen molar-refractivity contribution in [1.29, 1.82) is 0 Å². The minimum Gasteiger partial charge on any atom is -0.550 e. The molecule has 21 heavy (non-hydrogen) atoms. The van der Waals surface area contributed by atoms with Crippen LogP contribution in [-0.4, -0.2) is 52.3 Å². The Morgan fingerprint density at radius 2 is 1.29 bits per heavy atom. The topological polar surface area (TPSA) is 201 Å². The molecule has 0 saturated carbocycles. The standard InChI is InChI=1S/C8H14N2O7.3Na.H2O/c9-4-8(1-5(11)12,2-6(13)14)10(17)3-7(15)16;;;;/h17H,1-4,9H2,(H,11,12)(H,13,14)(H,15,16);;;;1H2/q;3*+1;/p-3. The number of hydrogen-bond donors (Lipinski definition) is 2. The summed E-state index contributed by atoms with van der Waals surface area (Å²) in [5, 5.41) is 40.6. The minimum absolute atomic E-state index is 0. The average Bonchev–Trinajstić information content (AvgIpc) is 2.13. The molecule has 106 valence electrons. The molecule has 0 unspecified atom stereocenters. The summed E-state index contributed by atoms with van der Waals surface area (Å²) in [6, 6.07) is 0. The molecular formula is C8H13N2Na3O8. The SMILES string of the molecule is NCC(CC(=O)[O-])(CC(=O)[O-])N(O)CC(=O)[O-].O.[Na+].[Na+].[Na+]. The zero-order valence-electron chi connectivity index (χ0n) is 12.2. The molecule has 13 heteroatoms. The number of hydrogen-bond acceptors (Lipinski definition) is 9.